The largest absolute Gasteiger partial charge is 0.365 e. The van der Waals surface area contributed by atoms with E-state index in [-0.39, 0.29) is 5.60 Å². The number of nitrogens with one attached hydrogen (secondary N) is 2. The minimum atomic E-state index is -0.0747. The first kappa shape index (κ1) is 14.9. The molecule has 2 N–H and O–H groups in total. The minimum Gasteiger partial charge on any atom is -0.365 e. The van der Waals surface area contributed by atoms with Gasteiger partial charge in [0.05, 0.1) is 25.7 Å². The standard InChI is InChI=1S/C12H27N3O2/c1-12(2,3)17-10-14-6-9-16-11-15-7-4-13-5-8-15/h13-14H,4-11H2,1-3H3. The lowest BCUT2D eigenvalue weighted by atomic mass is 10.2. The van der Waals surface area contributed by atoms with Crippen molar-refractivity contribution in [2.24, 2.45) is 0 Å². The molecule has 0 aromatic heterocycles. The van der Waals surface area contributed by atoms with E-state index < -0.39 is 0 Å². The van der Waals surface area contributed by atoms with E-state index in [9.17, 15) is 0 Å². The summed E-state index contributed by atoms with van der Waals surface area (Å²) in [6.07, 6.45) is 0. The van der Waals surface area contributed by atoms with Gasteiger partial charge in [-0.25, -0.2) is 0 Å². The van der Waals surface area contributed by atoms with Gasteiger partial charge in [0, 0.05) is 32.7 Å². The van der Waals surface area contributed by atoms with Crippen LogP contribution in [0.3, 0.4) is 0 Å². The Morgan fingerprint density at radius 3 is 2.59 bits per heavy atom. The molecule has 0 aromatic carbocycles. The van der Waals surface area contributed by atoms with Gasteiger partial charge in [-0.3, -0.25) is 10.2 Å². The number of piperazine rings is 1. The van der Waals surface area contributed by atoms with E-state index in [1.807, 2.05) is 0 Å². The Morgan fingerprint density at radius 1 is 1.24 bits per heavy atom. The molecule has 1 rings (SSSR count). The fourth-order valence-corrected chi connectivity index (χ4v) is 1.52. The average Bonchev–Trinajstić information content (AvgIpc) is 2.28. The van der Waals surface area contributed by atoms with Gasteiger partial charge < -0.3 is 14.8 Å². The number of nitrogens with zero attached hydrogens (tertiary/aromatic N) is 1. The summed E-state index contributed by atoms with van der Waals surface area (Å²) in [5, 5.41) is 6.52. The lowest BCUT2D eigenvalue weighted by Gasteiger charge is -2.26. The monoisotopic (exact) mass is 245 g/mol. The van der Waals surface area contributed by atoms with Gasteiger partial charge in [0.15, 0.2) is 0 Å². The predicted molar refractivity (Wildman–Crippen MR) is 69.0 cm³/mol. The second-order valence-corrected chi connectivity index (χ2v) is 5.31. The van der Waals surface area contributed by atoms with E-state index in [2.05, 4.69) is 36.3 Å². The molecule has 1 aliphatic heterocycles. The van der Waals surface area contributed by atoms with Crippen LogP contribution in [-0.4, -0.2) is 63.3 Å². The Balaban J connectivity index is 1.84. The van der Waals surface area contributed by atoms with Gasteiger partial charge >= 0.3 is 0 Å². The molecular weight excluding hydrogens is 218 g/mol. The van der Waals surface area contributed by atoms with Crippen LogP contribution < -0.4 is 10.6 Å². The number of hydrogen-bond acceptors (Lipinski definition) is 5. The van der Waals surface area contributed by atoms with Crippen molar-refractivity contribution in [3.63, 3.8) is 0 Å². The van der Waals surface area contributed by atoms with E-state index in [0.717, 1.165) is 46.1 Å². The summed E-state index contributed by atoms with van der Waals surface area (Å²) in [4.78, 5) is 2.32. The molecule has 0 bridgehead atoms. The van der Waals surface area contributed by atoms with Crippen molar-refractivity contribution in [3.8, 4) is 0 Å². The molecule has 0 radical (unpaired) electrons. The quantitative estimate of drug-likeness (QED) is 0.496. The third-order valence-corrected chi connectivity index (χ3v) is 2.51. The third-order valence-electron chi connectivity index (χ3n) is 2.51. The summed E-state index contributed by atoms with van der Waals surface area (Å²) in [7, 11) is 0. The average molecular weight is 245 g/mol. The van der Waals surface area contributed by atoms with Crippen molar-refractivity contribution in [3.05, 3.63) is 0 Å². The van der Waals surface area contributed by atoms with Gasteiger partial charge in [0.2, 0.25) is 0 Å². The fraction of sp³-hybridized carbons (Fsp3) is 1.00. The second-order valence-electron chi connectivity index (χ2n) is 5.31. The summed E-state index contributed by atoms with van der Waals surface area (Å²) < 4.78 is 11.1. The fourth-order valence-electron chi connectivity index (χ4n) is 1.52. The van der Waals surface area contributed by atoms with Crippen molar-refractivity contribution < 1.29 is 9.47 Å². The molecule has 0 unspecified atom stereocenters. The first-order chi connectivity index (χ1) is 8.08. The first-order valence-corrected chi connectivity index (χ1v) is 6.43. The minimum absolute atomic E-state index is 0.0747. The van der Waals surface area contributed by atoms with E-state index in [4.69, 9.17) is 9.47 Å². The van der Waals surface area contributed by atoms with Crippen LogP contribution in [0.15, 0.2) is 0 Å². The van der Waals surface area contributed by atoms with Gasteiger partial charge in [-0.1, -0.05) is 0 Å². The topological polar surface area (TPSA) is 45.8 Å². The molecule has 5 nitrogen and oxygen atoms in total. The van der Waals surface area contributed by atoms with Crippen LogP contribution in [0.2, 0.25) is 0 Å². The summed E-state index contributed by atoms with van der Waals surface area (Å²) >= 11 is 0. The van der Waals surface area contributed by atoms with Crippen molar-refractivity contribution in [2.45, 2.75) is 26.4 Å². The van der Waals surface area contributed by atoms with E-state index >= 15 is 0 Å². The zero-order chi connectivity index (χ0) is 12.6. The normalized spacial score (nSPS) is 18.5. The van der Waals surface area contributed by atoms with Crippen LogP contribution in [0.4, 0.5) is 0 Å². The molecular formula is C12H27N3O2. The smallest absolute Gasteiger partial charge is 0.0991 e. The molecule has 0 spiro atoms. The summed E-state index contributed by atoms with van der Waals surface area (Å²) in [5.41, 5.74) is -0.0747. The predicted octanol–water partition coefficient (Wildman–Crippen LogP) is 0.228. The van der Waals surface area contributed by atoms with Crippen LogP contribution in [0.1, 0.15) is 20.8 Å². The van der Waals surface area contributed by atoms with Gasteiger partial charge in [-0.05, 0) is 20.8 Å². The number of rotatable bonds is 7. The maximum absolute atomic E-state index is 5.59. The summed E-state index contributed by atoms with van der Waals surface area (Å²) in [5.74, 6) is 0. The number of hydrogen-bond donors (Lipinski definition) is 2. The van der Waals surface area contributed by atoms with E-state index in [1.165, 1.54) is 0 Å². The Kier molecular flexibility index (Phi) is 6.99. The van der Waals surface area contributed by atoms with E-state index in [0.29, 0.717) is 6.73 Å². The molecule has 0 amide bonds. The Morgan fingerprint density at radius 2 is 1.94 bits per heavy atom. The Bertz CT molecular complexity index is 189. The molecule has 1 fully saturated rings. The van der Waals surface area contributed by atoms with Crippen LogP contribution in [-0.2, 0) is 9.47 Å². The second kappa shape index (κ2) is 8.00. The summed E-state index contributed by atoms with van der Waals surface area (Å²) in [6, 6.07) is 0. The SMILES string of the molecule is CC(C)(C)OCNCCOCN1CCNCC1. The lowest BCUT2D eigenvalue weighted by molar-refractivity contribution is -0.0199. The van der Waals surface area contributed by atoms with Gasteiger partial charge in [0.25, 0.3) is 0 Å². The van der Waals surface area contributed by atoms with Gasteiger partial charge in [-0.2, -0.15) is 0 Å². The van der Waals surface area contributed by atoms with Crippen molar-refractivity contribution in [1.82, 2.24) is 15.5 Å². The first-order valence-electron chi connectivity index (χ1n) is 6.43. The molecule has 1 saturated heterocycles. The molecule has 1 heterocycles. The molecule has 5 heteroatoms. The highest BCUT2D eigenvalue weighted by atomic mass is 16.5. The number of ether oxygens (including phenoxy) is 2. The molecule has 0 aromatic rings. The molecule has 1 aliphatic rings. The van der Waals surface area contributed by atoms with Crippen LogP contribution in [0.5, 0.6) is 0 Å². The Hall–Kier alpha value is -0.200. The van der Waals surface area contributed by atoms with Crippen LogP contribution in [0.25, 0.3) is 0 Å². The van der Waals surface area contributed by atoms with Crippen LogP contribution in [0, 0.1) is 0 Å². The zero-order valence-corrected chi connectivity index (χ0v) is 11.4. The molecule has 0 saturated carbocycles. The van der Waals surface area contributed by atoms with Crippen molar-refractivity contribution in [2.75, 3.05) is 52.8 Å². The zero-order valence-electron chi connectivity index (χ0n) is 11.4. The van der Waals surface area contributed by atoms with Crippen molar-refractivity contribution >= 4 is 0 Å². The molecule has 0 atom stereocenters. The lowest BCUT2D eigenvalue weighted by Crippen LogP contribution is -2.44. The highest BCUT2D eigenvalue weighted by Gasteiger charge is 2.09. The van der Waals surface area contributed by atoms with E-state index in [1.54, 1.807) is 0 Å². The van der Waals surface area contributed by atoms with Crippen molar-refractivity contribution in [1.29, 1.82) is 0 Å². The maximum Gasteiger partial charge on any atom is 0.0991 e. The molecule has 17 heavy (non-hydrogen) atoms. The maximum atomic E-state index is 5.59. The molecule has 102 valence electrons. The van der Waals surface area contributed by atoms with Gasteiger partial charge in [0.1, 0.15) is 0 Å². The Labute approximate surface area is 105 Å². The van der Waals surface area contributed by atoms with Crippen LogP contribution >= 0.6 is 0 Å². The highest BCUT2D eigenvalue weighted by molar-refractivity contribution is 4.64. The third kappa shape index (κ3) is 8.51. The summed E-state index contributed by atoms with van der Waals surface area (Å²) in [6.45, 7) is 13.4. The van der Waals surface area contributed by atoms with Gasteiger partial charge in [-0.15, -0.1) is 0 Å². The molecule has 0 aliphatic carbocycles. The highest BCUT2D eigenvalue weighted by Crippen LogP contribution is 2.04.